The van der Waals surface area contributed by atoms with Gasteiger partial charge in [-0.25, -0.2) is 0 Å². The van der Waals surface area contributed by atoms with Crippen molar-refractivity contribution < 1.29 is 9.53 Å². The van der Waals surface area contributed by atoms with Crippen LogP contribution in [0.3, 0.4) is 0 Å². The molecule has 0 spiro atoms. The minimum absolute atomic E-state index is 0.103. The van der Waals surface area contributed by atoms with Crippen LogP contribution in [0.25, 0.3) is 0 Å². The molecule has 0 aliphatic carbocycles. The zero-order valence-corrected chi connectivity index (χ0v) is 11.2. The molecule has 0 heterocycles. The summed E-state index contributed by atoms with van der Waals surface area (Å²) in [5.74, 6) is 0.270. The van der Waals surface area contributed by atoms with Gasteiger partial charge in [-0.1, -0.05) is 11.6 Å². The number of anilines is 1. The van der Waals surface area contributed by atoms with Crippen molar-refractivity contribution >= 4 is 23.2 Å². The van der Waals surface area contributed by atoms with Crippen LogP contribution in [0.15, 0.2) is 48.5 Å². The molecular weight excluding hydrogens is 276 g/mol. The van der Waals surface area contributed by atoms with Crippen molar-refractivity contribution in [3.05, 3.63) is 59.1 Å². The number of amides is 1. The first kappa shape index (κ1) is 13.9. The normalized spacial score (nSPS) is 9.60. The van der Waals surface area contributed by atoms with E-state index in [4.69, 9.17) is 21.6 Å². The molecule has 0 aliphatic heterocycles. The zero-order chi connectivity index (χ0) is 14.4. The van der Waals surface area contributed by atoms with Gasteiger partial charge in [-0.15, -0.1) is 0 Å². The van der Waals surface area contributed by atoms with Crippen molar-refractivity contribution in [1.82, 2.24) is 0 Å². The lowest BCUT2D eigenvalue weighted by atomic mass is 10.2. The lowest BCUT2D eigenvalue weighted by Gasteiger charge is -2.07. The molecule has 0 unspecified atom stereocenters. The number of nitrogens with one attached hydrogen (secondary N) is 1. The van der Waals surface area contributed by atoms with E-state index < -0.39 is 0 Å². The lowest BCUT2D eigenvalue weighted by molar-refractivity contribution is -0.118. The summed E-state index contributed by atoms with van der Waals surface area (Å²) in [5, 5.41) is 12.0. The summed E-state index contributed by atoms with van der Waals surface area (Å²) in [6, 6.07) is 15.4. The molecule has 0 atom stereocenters. The molecule has 2 rings (SSSR count). The van der Waals surface area contributed by atoms with E-state index in [1.54, 1.807) is 48.5 Å². The predicted molar refractivity (Wildman–Crippen MR) is 76.7 cm³/mol. The van der Waals surface area contributed by atoms with E-state index >= 15 is 0 Å². The molecule has 0 bridgehead atoms. The van der Waals surface area contributed by atoms with E-state index in [2.05, 4.69) is 5.32 Å². The maximum atomic E-state index is 11.7. The number of halogens is 1. The van der Waals surface area contributed by atoms with Crippen molar-refractivity contribution in [1.29, 1.82) is 5.26 Å². The van der Waals surface area contributed by atoms with Crippen LogP contribution in [0.1, 0.15) is 5.56 Å². The number of nitrogens with zero attached hydrogens (tertiary/aromatic N) is 1. The van der Waals surface area contributed by atoms with Crippen molar-refractivity contribution in [3.8, 4) is 11.8 Å². The summed E-state index contributed by atoms with van der Waals surface area (Å²) in [6.07, 6.45) is 0. The number of carbonyl (C=O) groups excluding carboxylic acids is 1. The SMILES string of the molecule is N#Cc1ccc(OCC(=O)Nc2ccc(Cl)cc2)cc1. The molecule has 0 saturated heterocycles. The molecule has 100 valence electrons. The zero-order valence-electron chi connectivity index (χ0n) is 10.5. The fourth-order valence-corrected chi connectivity index (χ4v) is 1.63. The van der Waals surface area contributed by atoms with Crippen LogP contribution in [-0.2, 0) is 4.79 Å². The van der Waals surface area contributed by atoms with E-state index in [-0.39, 0.29) is 12.5 Å². The van der Waals surface area contributed by atoms with Gasteiger partial charge < -0.3 is 10.1 Å². The van der Waals surface area contributed by atoms with Gasteiger partial charge in [-0.3, -0.25) is 4.79 Å². The van der Waals surface area contributed by atoms with Crippen LogP contribution < -0.4 is 10.1 Å². The molecule has 1 amide bonds. The van der Waals surface area contributed by atoms with Gasteiger partial charge in [0.15, 0.2) is 6.61 Å². The van der Waals surface area contributed by atoms with Crippen LogP contribution in [0.5, 0.6) is 5.75 Å². The van der Waals surface area contributed by atoms with Gasteiger partial charge in [0.1, 0.15) is 5.75 Å². The number of ether oxygens (including phenoxy) is 1. The Bertz CT molecular complexity index is 630. The number of benzene rings is 2. The summed E-state index contributed by atoms with van der Waals surface area (Å²) < 4.78 is 5.32. The molecule has 0 radical (unpaired) electrons. The minimum Gasteiger partial charge on any atom is -0.484 e. The van der Waals surface area contributed by atoms with Gasteiger partial charge >= 0.3 is 0 Å². The molecule has 0 aromatic heterocycles. The number of hydrogen-bond acceptors (Lipinski definition) is 3. The third-order valence-corrected chi connectivity index (χ3v) is 2.73. The maximum absolute atomic E-state index is 11.7. The van der Waals surface area contributed by atoms with Crippen LogP contribution in [-0.4, -0.2) is 12.5 Å². The molecule has 0 aliphatic rings. The number of carbonyl (C=O) groups is 1. The Morgan fingerprint density at radius 1 is 1.15 bits per heavy atom. The number of rotatable bonds is 4. The summed E-state index contributed by atoms with van der Waals surface area (Å²) in [7, 11) is 0. The molecule has 20 heavy (non-hydrogen) atoms. The fraction of sp³-hybridized carbons (Fsp3) is 0.0667. The smallest absolute Gasteiger partial charge is 0.262 e. The first-order chi connectivity index (χ1) is 9.67. The molecule has 0 saturated carbocycles. The predicted octanol–water partition coefficient (Wildman–Crippen LogP) is 3.23. The maximum Gasteiger partial charge on any atom is 0.262 e. The Balaban J connectivity index is 1.85. The highest BCUT2D eigenvalue weighted by Gasteiger charge is 2.03. The van der Waals surface area contributed by atoms with E-state index in [0.717, 1.165) is 0 Å². The third-order valence-electron chi connectivity index (χ3n) is 2.48. The molecule has 0 fully saturated rings. The quantitative estimate of drug-likeness (QED) is 0.938. The summed E-state index contributed by atoms with van der Waals surface area (Å²) in [4.78, 5) is 11.7. The van der Waals surface area contributed by atoms with Crippen molar-refractivity contribution in [2.75, 3.05) is 11.9 Å². The average Bonchev–Trinajstić information content (AvgIpc) is 2.48. The van der Waals surface area contributed by atoms with E-state index in [9.17, 15) is 4.79 Å². The van der Waals surface area contributed by atoms with Gasteiger partial charge in [0, 0.05) is 10.7 Å². The number of nitriles is 1. The Morgan fingerprint density at radius 3 is 2.40 bits per heavy atom. The van der Waals surface area contributed by atoms with E-state index in [1.807, 2.05) is 6.07 Å². The molecule has 4 nitrogen and oxygen atoms in total. The fourth-order valence-electron chi connectivity index (χ4n) is 1.50. The van der Waals surface area contributed by atoms with Crippen molar-refractivity contribution in [2.24, 2.45) is 0 Å². The highest BCUT2D eigenvalue weighted by molar-refractivity contribution is 6.30. The van der Waals surface area contributed by atoms with Gasteiger partial charge in [-0.05, 0) is 48.5 Å². The largest absolute Gasteiger partial charge is 0.484 e. The highest BCUT2D eigenvalue weighted by atomic mass is 35.5. The third kappa shape index (κ3) is 4.01. The topological polar surface area (TPSA) is 62.1 Å². The summed E-state index contributed by atoms with van der Waals surface area (Å²) in [6.45, 7) is -0.103. The highest BCUT2D eigenvalue weighted by Crippen LogP contribution is 2.14. The van der Waals surface area contributed by atoms with Gasteiger partial charge in [0.25, 0.3) is 5.91 Å². The molecular formula is C15H11ClN2O2. The molecule has 2 aromatic rings. The Labute approximate surface area is 121 Å². The van der Waals surface area contributed by atoms with Gasteiger partial charge in [-0.2, -0.15) is 5.26 Å². The van der Waals surface area contributed by atoms with Gasteiger partial charge in [0.05, 0.1) is 11.6 Å². The number of hydrogen-bond donors (Lipinski definition) is 1. The lowest BCUT2D eigenvalue weighted by Crippen LogP contribution is -2.20. The molecule has 5 heteroatoms. The molecule has 1 N–H and O–H groups in total. The Hall–Kier alpha value is -2.51. The first-order valence-corrected chi connectivity index (χ1v) is 6.23. The minimum atomic E-state index is -0.267. The second-order valence-corrected chi connectivity index (χ2v) is 4.42. The van der Waals surface area contributed by atoms with Gasteiger partial charge in [0.2, 0.25) is 0 Å². The van der Waals surface area contributed by atoms with E-state index in [1.165, 1.54) is 0 Å². The van der Waals surface area contributed by atoms with Crippen molar-refractivity contribution in [3.63, 3.8) is 0 Å². The standard InChI is InChI=1S/C15H11ClN2O2/c16-12-3-5-13(6-4-12)18-15(19)10-20-14-7-1-11(9-17)2-8-14/h1-8H,10H2,(H,18,19). The summed E-state index contributed by atoms with van der Waals surface area (Å²) >= 11 is 5.75. The second kappa shape index (κ2) is 6.60. The Morgan fingerprint density at radius 2 is 1.80 bits per heavy atom. The average molecular weight is 287 g/mol. The van der Waals surface area contributed by atoms with Crippen LogP contribution in [0.2, 0.25) is 5.02 Å². The Kier molecular flexibility index (Phi) is 4.59. The van der Waals surface area contributed by atoms with Crippen LogP contribution in [0.4, 0.5) is 5.69 Å². The summed E-state index contributed by atoms with van der Waals surface area (Å²) in [5.41, 5.74) is 1.20. The van der Waals surface area contributed by atoms with Crippen LogP contribution >= 0.6 is 11.6 Å². The van der Waals surface area contributed by atoms with Crippen molar-refractivity contribution in [2.45, 2.75) is 0 Å². The monoisotopic (exact) mass is 286 g/mol. The molecule has 2 aromatic carbocycles. The van der Waals surface area contributed by atoms with Crippen LogP contribution in [0, 0.1) is 11.3 Å². The first-order valence-electron chi connectivity index (χ1n) is 5.86. The second-order valence-electron chi connectivity index (χ2n) is 3.98. The van der Waals surface area contributed by atoms with E-state index in [0.29, 0.717) is 22.0 Å².